The highest BCUT2D eigenvalue weighted by molar-refractivity contribution is 6.29. The lowest BCUT2D eigenvalue weighted by Gasteiger charge is -2.16. The van der Waals surface area contributed by atoms with Crippen LogP contribution in [0.4, 0.5) is 5.69 Å². The normalized spacial score (nSPS) is 17.6. The highest BCUT2D eigenvalue weighted by Crippen LogP contribution is 2.20. The maximum Gasteiger partial charge on any atom is 0.274 e. The molecule has 2 rings (SSSR count). The van der Waals surface area contributed by atoms with E-state index in [1.165, 1.54) is 0 Å². The van der Waals surface area contributed by atoms with Gasteiger partial charge in [-0.2, -0.15) is 0 Å². The topological polar surface area (TPSA) is 71.3 Å². The van der Waals surface area contributed by atoms with Gasteiger partial charge in [0.15, 0.2) is 5.82 Å². The Balaban J connectivity index is 2.26. The summed E-state index contributed by atoms with van der Waals surface area (Å²) in [4.78, 5) is 15.6. The lowest BCUT2D eigenvalue weighted by molar-refractivity contribution is -0.403. The summed E-state index contributed by atoms with van der Waals surface area (Å²) in [5.74, 6) is 0.467. The van der Waals surface area contributed by atoms with E-state index in [0.29, 0.717) is 24.1 Å². The van der Waals surface area contributed by atoms with Gasteiger partial charge >= 0.3 is 0 Å². The smallest absolute Gasteiger partial charge is 0.274 e. The van der Waals surface area contributed by atoms with Gasteiger partial charge in [0.1, 0.15) is 5.15 Å². The van der Waals surface area contributed by atoms with Crippen LogP contribution in [0.25, 0.3) is 0 Å². The van der Waals surface area contributed by atoms with Crippen LogP contribution in [0.1, 0.15) is 0 Å². The van der Waals surface area contributed by atoms with Crippen LogP contribution >= 0.6 is 11.6 Å². The summed E-state index contributed by atoms with van der Waals surface area (Å²) in [5.41, 5.74) is 0.780. The molecule has 1 aromatic heterocycles. The minimum Gasteiger partial charge on any atom is -0.365 e. The van der Waals surface area contributed by atoms with Crippen LogP contribution in [0, 0.1) is 10.1 Å². The number of aromatic nitrogens is 1. The monoisotopic (exact) mass is 240 g/mol. The third kappa shape index (κ3) is 2.22. The van der Waals surface area contributed by atoms with Crippen LogP contribution in [-0.2, 0) is 0 Å². The SMILES string of the molecule is O=[N+]([O-])C=C1NCCN1c1ccc(Cl)nc1. The van der Waals surface area contributed by atoms with Crippen molar-refractivity contribution >= 4 is 17.3 Å². The van der Waals surface area contributed by atoms with Crippen LogP contribution < -0.4 is 10.2 Å². The van der Waals surface area contributed by atoms with Crippen molar-refractivity contribution in [3.63, 3.8) is 0 Å². The predicted octanol–water partition coefficient (Wildman–Crippen LogP) is 1.22. The lowest BCUT2D eigenvalue weighted by Crippen LogP contribution is -2.20. The Bertz CT molecular complexity index is 432. The zero-order chi connectivity index (χ0) is 11.5. The Morgan fingerprint density at radius 1 is 1.62 bits per heavy atom. The Morgan fingerprint density at radius 2 is 2.44 bits per heavy atom. The van der Waals surface area contributed by atoms with E-state index >= 15 is 0 Å². The van der Waals surface area contributed by atoms with E-state index < -0.39 is 4.92 Å². The standard InChI is InChI=1S/C9H9ClN4O2/c10-8-2-1-7(5-12-8)13-4-3-11-9(13)6-14(15)16/h1-2,5-6,11H,3-4H2. The van der Waals surface area contributed by atoms with Crippen molar-refractivity contribution in [2.45, 2.75) is 0 Å². The number of nitrogens with one attached hydrogen (secondary N) is 1. The summed E-state index contributed by atoms with van der Waals surface area (Å²) in [6, 6.07) is 3.43. The molecule has 0 saturated carbocycles. The molecule has 0 unspecified atom stereocenters. The molecule has 16 heavy (non-hydrogen) atoms. The number of pyridine rings is 1. The molecule has 0 radical (unpaired) electrons. The molecule has 1 N–H and O–H groups in total. The number of hydrogen-bond donors (Lipinski definition) is 1. The van der Waals surface area contributed by atoms with E-state index in [9.17, 15) is 10.1 Å². The Hall–Kier alpha value is -1.82. The van der Waals surface area contributed by atoms with E-state index in [1.807, 2.05) is 0 Å². The summed E-state index contributed by atoms with van der Waals surface area (Å²) >= 11 is 5.67. The van der Waals surface area contributed by atoms with Crippen LogP contribution in [0.3, 0.4) is 0 Å². The first-order chi connectivity index (χ1) is 7.66. The van der Waals surface area contributed by atoms with Gasteiger partial charge in [-0.15, -0.1) is 0 Å². The van der Waals surface area contributed by atoms with Gasteiger partial charge < -0.3 is 10.2 Å². The molecule has 0 aliphatic carbocycles. The lowest BCUT2D eigenvalue weighted by atomic mass is 10.4. The molecule has 84 valence electrons. The van der Waals surface area contributed by atoms with Crippen molar-refractivity contribution < 1.29 is 4.92 Å². The maximum absolute atomic E-state index is 10.4. The molecule has 0 spiro atoms. The first kappa shape index (κ1) is 10.7. The van der Waals surface area contributed by atoms with Gasteiger partial charge in [0.2, 0.25) is 0 Å². The van der Waals surface area contributed by atoms with Crippen LogP contribution in [-0.4, -0.2) is 23.0 Å². The number of rotatable bonds is 2. The highest BCUT2D eigenvalue weighted by Gasteiger charge is 2.20. The molecule has 7 heteroatoms. The van der Waals surface area contributed by atoms with Crippen LogP contribution in [0.2, 0.25) is 5.15 Å². The number of nitrogens with zero attached hydrogens (tertiary/aromatic N) is 3. The average molecular weight is 241 g/mol. The van der Waals surface area contributed by atoms with Crippen LogP contribution in [0.5, 0.6) is 0 Å². The molecule has 0 amide bonds. The third-order valence-corrected chi connectivity index (χ3v) is 2.41. The molecule has 1 saturated heterocycles. The second-order valence-corrected chi connectivity index (χ2v) is 3.60. The number of anilines is 1. The van der Waals surface area contributed by atoms with Gasteiger partial charge in [0, 0.05) is 13.1 Å². The minimum atomic E-state index is -0.482. The van der Waals surface area contributed by atoms with Crippen LogP contribution in [0.15, 0.2) is 30.4 Å². The van der Waals surface area contributed by atoms with Gasteiger partial charge in [0.25, 0.3) is 6.20 Å². The second-order valence-electron chi connectivity index (χ2n) is 3.22. The Labute approximate surface area is 96.7 Å². The molecular weight excluding hydrogens is 232 g/mol. The first-order valence-electron chi connectivity index (χ1n) is 4.65. The van der Waals surface area contributed by atoms with E-state index in [2.05, 4.69) is 10.3 Å². The summed E-state index contributed by atoms with van der Waals surface area (Å²) < 4.78 is 0. The van der Waals surface area contributed by atoms with E-state index in [0.717, 1.165) is 11.9 Å². The predicted molar refractivity (Wildman–Crippen MR) is 59.7 cm³/mol. The molecule has 1 fully saturated rings. The zero-order valence-corrected chi connectivity index (χ0v) is 9.02. The molecule has 2 heterocycles. The molecule has 0 aromatic carbocycles. The number of hydrogen-bond acceptors (Lipinski definition) is 5. The molecule has 0 bridgehead atoms. The van der Waals surface area contributed by atoms with Gasteiger partial charge in [-0.25, -0.2) is 4.98 Å². The average Bonchev–Trinajstić information content (AvgIpc) is 2.66. The molecule has 1 aromatic rings. The van der Waals surface area contributed by atoms with Crippen molar-refractivity contribution in [3.05, 3.63) is 45.6 Å². The fraction of sp³-hybridized carbons (Fsp3) is 0.222. The summed E-state index contributed by atoms with van der Waals surface area (Å²) in [6.45, 7) is 1.34. The maximum atomic E-state index is 10.4. The number of halogens is 1. The first-order valence-corrected chi connectivity index (χ1v) is 5.03. The largest absolute Gasteiger partial charge is 0.365 e. The molecule has 0 atom stereocenters. The minimum absolute atomic E-state index is 0.399. The fourth-order valence-corrected chi connectivity index (χ4v) is 1.63. The summed E-state index contributed by atoms with van der Waals surface area (Å²) in [5, 5.41) is 13.7. The van der Waals surface area contributed by atoms with Gasteiger partial charge in [0.05, 0.1) is 16.8 Å². The van der Waals surface area contributed by atoms with Crippen molar-refractivity contribution in [1.82, 2.24) is 10.3 Å². The van der Waals surface area contributed by atoms with E-state index in [4.69, 9.17) is 11.6 Å². The Morgan fingerprint density at radius 3 is 3.06 bits per heavy atom. The fourth-order valence-electron chi connectivity index (χ4n) is 1.52. The Kier molecular flexibility index (Phi) is 2.91. The molecule has 6 nitrogen and oxygen atoms in total. The van der Waals surface area contributed by atoms with Gasteiger partial charge in [-0.05, 0) is 12.1 Å². The molecule has 1 aliphatic heterocycles. The van der Waals surface area contributed by atoms with Gasteiger partial charge in [-0.3, -0.25) is 10.1 Å². The molecule has 1 aliphatic rings. The van der Waals surface area contributed by atoms with E-state index in [-0.39, 0.29) is 0 Å². The van der Waals surface area contributed by atoms with Crippen molar-refractivity contribution in [2.24, 2.45) is 0 Å². The van der Waals surface area contributed by atoms with Gasteiger partial charge in [-0.1, -0.05) is 11.6 Å². The summed E-state index contributed by atoms with van der Waals surface area (Å²) in [7, 11) is 0. The molecular formula is C9H9ClN4O2. The van der Waals surface area contributed by atoms with Crippen molar-refractivity contribution in [2.75, 3.05) is 18.0 Å². The third-order valence-electron chi connectivity index (χ3n) is 2.18. The quantitative estimate of drug-likeness (QED) is 0.478. The summed E-state index contributed by atoms with van der Waals surface area (Å²) in [6.07, 6.45) is 2.53. The van der Waals surface area contributed by atoms with E-state index in [1.54, 1.807) is 23.2 Å². The number of nitro groups is 1. The van der Waals surface area contributed by atoms with Crippen molar-refractivity contribution in [3.8, 4) is 0 Å². The highest BCUT2D eigenvalue weighted by atomic mass is 35.5. The second kappa shape index (κ2) is 4.36. The zero-order valence-electron chi connectivity index (χ0n) is 8.26. The van der Waals surface area contributed by atoms with Crippen molar-refractivity contribution in [1.29, 1.82) is 0 Å².